The highest BCUT2D eigenvalue weighted by Crippen LogP contribution is 2.19. The van der Waals surface area contributed by atoms with Crippen molar-refractivity contribution in [3.8, 4) is 5.75 Å². The van der Waals surface area contributed by atoms with Gasteiger partial charge in [-0.05, 0) is 67.6 Å². The molecule has 1 aliphatic heterocycles. The Kier molecular flexibility index (Phi) is 8.54. The number of nitrogens with one attached hydrogen (secondary N) is 3. The molecule has 33 heavy (non-hydrogen) atoms. The van der Waals surface area contributed by atoms with E-state index in [9.17, 15) is 14.4 Å². The van der Waals surface area contributed by atoms with E-state index in [-0.39, 0.29) is 18.6 Å². The van der Waals surface area contributed by atoms with E-state index < -0.39 is 11.8 Å². The summed E-state index contributed by atoms with van der Waals surface area (Å²) in [5.41, 5.74) is 5.63. The van der Waals surface area contributed by atoms with E-state index in [0.717, 1.165) is 29.7 Å². The van der Waals surface area contributed by atoms with Crippen molar-refractivity contribution in [1.82, 2.24) is 10.7 Å². The Balaban J connectivity index is 1.40. The largest absolute Gasteiger partial charge is 0.484 e. The quantitative estimate of drug-likeness (QED) is 0.322. The van der Waals surface area contributed by atoms with Crippen molar-refractivity contribution in [2.24, 2.45) is 5.10 Å². The molecular formula is C24H28N4O5. The molecule has 1 atom stereocenters. The zero-order chi connectivity index (χ0) is 23.6. The average Bonchev–Trinajstić information content (AvgIpc) is 3.33. The van der Waals surface area contributed by atoms with Crippen LogP contribution in [0.25, 0.3) is 0 Å². The molecule has 0 radical (unpaired) electrons. The second kappa shape index (κ2) is 11.8. The maximum Gasteiger partial charge on any atom is 0.329 e. The van der Waals surface area contributed by atoms with Crippen molar-refractivity contribution < 1.29 is 23.9 Å². The smallest absolute Gasteiger partial charge is 0.329 e. The first kappa shape index (κ1) is 23.9. The van der Waals surface area contributed by atoms with Gasteiger partial charge in [0.05, 0.1) is 12.3 Å². The van der Waals surface area contributed by atoms with Gasteiger partial charge in [-0.1, -0.05) is 18.2 Å². The first-order valence-corrected chi connectivity index (χ1v) is 10.7. The fourth-order valence-corrected chi connectivity index (χ4v) is 3.29. The van der Waals surface area contributed by atoms with Crippen molar-refractivity contribution in [2.75, 3.05) is 25.1 Å². The Morgan fingerprint density at radius 1 is 1.09 bits per heavy atom. The molecule has 174 valence electrons. The number of amides is 3. The molecule has 3 N–H and O–H groups in total. The summed E-state index contributed by atoms with van der Waals surface area (Å²) >= 11 is 0. The van der Waals surface area contributed by atoms with Gasteiger partial charge in [0.1, 0.15) is 5.75 Å². The van der Waals surface area contributed by atoms with Gasteiger partial charge in [0, 0.05) is 18.8 Å². The predicted molar refractivity (Wildman–Crippen MR) is 124 cm³/mol. The van der Waals surface area contributed by atoms with Gasteiger partial charge in [-0.15, -0.1) is 0 Å². The molecule has 9 nitrogen and oxygen atoms in total. The molecule has 0 bridgehead atoms. The molecule has 1 fully saturated rings. The number of carbonyl (C=O) groups excluding carboxylic acids is 3. The van der Waals surface area contributed by atoms with E-state index in [1.54, 1.807) is 24.3 Å². The number of carbonyl (C=O) groups is 3. The number of ether oxygens (including phenoxy) is 2. The molecule has 1 aliphatic rings. The summed E-state index contributed by atoms with van der Waals surface area (Å²) in [6.07, 6.45) is 3.20. The summed E-state index contributed by atoms with van der Waals surface area (Å²) in [6.45, 7) is 4.73. The third kappa shape index (κ3) is 7.43. The van der Waals surface area contributed by atoms with Gasteiger partial charge in [0.2, 0.25) is 0 Å². The van der Waals surface area contributed by atoms with E-state index in [2.05, 4.69) is 21.2 Å². The number of anilines is 1. The maximum absolute atomic E-state index is 12.2. The number of hydrogen-bond donors (Lipinski definition) is 3. The van der Waals surface area contributed by atoms with E-state index in [1.165, 1.54) is 6.21 Å². The van der Waals surface area contributed by atoms with E-state index >= 15 is 0 Å². The summed E-state index contributed by atoms with van der Waals surface area (Å²) in [6, 6.07) is 12.6. The number of rotatable bonds is 8. The maximum atomic E-state index is 12.2. The Morgan fingerprint density at radius 3 is 2.48 bits per heavy atom. The van der Waals surface area contributed by atoms with Crippen LogP contribution in [0, 0.1) is 13.8 Å². The van der Waals surface area contributed by atoms with Gasteiger partial charge in [-0.2, -0.15) is 5.10 Å². The zero-order valence-corrected chi connectivity index (χ0v) is 18.7. The van der Waals surface area contributed by atoms with Crippen molar-refractivity contribution in [3.05, 3.63) is 59.2 Å². The first-order chi connectivity index (χ1) is 15.9. The molecule has 2 aromatic rings. The molecule has 0 aliphatic carbocycles. The van der Waals surface area contributed by atoms with Crippen LogP contribution in [0.1, 0.15) is 29.5 Å². The van der Waals surface area contributed by atoms with Crippen LogP contribution in [0.3, 0.4) is 0 Å². The highest BCUT2D eigenvalue weighted by molar-refractivity contribution is 6.35. The van der Waals surface area contributed by atoms with Crippen LogP contribution in [0.15, 0.2) is 47.6 Å². The lowest BCUT2D eigenvalue weighted by Crippen LogP contribution is -2.41. The van der Waals surface area contributed by atoms with E-state index in [4.69, 9.17) is 9.47 Å². The van der Waals surface area contributed by atoms with Gasteiger partial charge < -0.3 is 20.1 Å². The van der Waals surface area contributed by atoms with Crippen LogP contribution in [0.2, 0.25) is 0 Å². The summed E-state index contributed by atoms with van der Waals surface area (Å²) < 4.78 is 10.9. The fourth-order valence-electron chi connectivity index (χ4n) is 3.29. The van der Waals surface area contributed by atoms with Gasteiger partial charge in [0.25, 0.3) is 5.91 Å². The van der Waals surface area contributed by atoms with Gasteiger partial charge in [-0.3, -0.25) is 14.4 Å². The van der Waals surface area contributed by atoms with Crippen LogP contribution in [-0.4, -0.2) is 49.8 Å². The molecule has 3 amide bonds. The van der Waals surface area contributed by atoms with Crippen molar-refractivity contribution in [2.45, 2.75) is 32.8 Å². The second-order valence-corrected chi connectivity index (χ2v) is 7.72. The minimum absolute atomic E-state index is 0.0383. The molecular weight excluding hydrogens is 424 g/mol. The number of para-hydroxylation sites is 1. The van der Waals surface area contributed by atoms with Crippen molar-refractivity contribution >= 4 is 29.6 Å². The lowest BCUT2D eigenvalue weighted by molar-refractivity contribution is -0.139. The molecule has 0 unspecified atom stereocenters. The van der Waals surface area contributed by atoms with Crippen molar-refractivity contribution in [3.63, 3.8) is 0 Å². The molecule has 0 spiro atoms. The van der Waals surface area contributed by atoms with E-state index in [0.29, 0.717) is 24.5 Å². The Bertz CT molecular complexity index is 994. The lowest BCUT2D eigenvalue weighted by atomic mass is 10.1. The highest BCUT2D eigenvalue weighted by atomic mass is 16.5. The third-order valence-corrected chi connectivity index (χ3v) is 5.10. The number of benzene rings is 2. The summed E-state index contributed by atoms with van der Waals surface area (Å²) in [5.74, 6) is -1.34. The topological polar surface area (TPSA) is 118 Å². The van der Waals surface area contributed by atoms with Gasteiger partial charge in [0.15, 0.2) is 6.61 Å². The average molecular weight is 453 g/mol. The normalized spacial score (nSPS) is 15.3. The van der Waals surface area contributed by atoms with Crippen LogP contribution < -0.4 is 20.8 Å². The summed E-state index contributed by atoms with van der Waals surface area (Å²) in [5, 5.41) is 9.18. The Hall–Kier alpha value is -3.72. The van der Waals surface area contributed by atoms with Crippen LogP contribution in [-0.2, 0) is 19.1 Å². The van der Waals surface area contributed by atoms with E-state index in [1.807, 2.05) is 32.0 Å². The SMILES string of the molecule is Cc1cccc(C)c1NC(=O)COc1ccc(/C=N\NC(=O)C(=O)NC[C@@H]2CCCO2)cc1. The van der Waals surface area contributed by atoms with Crippen LogP contribution in [0.4, 0.5) is 5.69 Å². The third-order valence-electron chi connectivity index (χ3n) is 5.10. The molecule has 3 rings (SSSR count). The summed E-state index contributed by atoms with van der Waals surface area (Å²) in [4.78, 5) is 35.7. The number of hydrogen-bond acceptors (Lipinski definition) is 6. The summed E-state index contributed by atoms with van der Waals surface area (Å²) in [7, 11) is 0. The van der Waals surface area contributed by atoms with Gasteiger partial charge >= 0.3 is 11.8 Å². The molecule has 0 aromatic heterocycles. The monoisotopic (exact) mass is 452 g/mol. The highest BCUT2D eigenvalue weighted by Gasteiger charge is 2.19. The van der Waals surface area contributed by atoms with Crippen molar-refractivity contribution in [1.29, 1.82) is 0 Å². The van der Waals surface area contributed by atoms with Crippen LogP contribution >= 0.6 is 0 Å². The minimum Gasteiger partial charge on any atom is -0.484 e. The standard InChI is InChI=1S/C24H28N4O5/c1-16-5-3-6-17(2)22(16)27-21(29)15-33-19-10-8-18(9-11-19)13-26-28-24(31)23(30)25-14-20-7-4-12-32-20/h3,5-6,8-11,13,20H,4,7,12,14-15H2,1-2H3,(H,25,30)(H,27,29)(H,28,31)/b26-13-/t20-/m0/s1. The predicted octanol–water partition coefficient (Wildman–Crippen LogP) is 2.07. The molecule has 1 saturated heterocycles. The second-order valence-electron chi connectivity index (χ2n) is 7.72. The molecule has 1 heterocycles. The number of aryl methyl sites for hydroxylation is 2. The van der Waals surface area contributed by atoms with Gasteiger partial charge in [-0.25, -0.2) is 5.43 Å². The minimum atomic E-state index is -0.848. The fraction of sp³-hybridized carbons (Fsp3) is 0.333. The molecule has 2 aromatic carbocycles. The molecule has 0 saturated carbocycles. The first-order valence-electron chi connectivity index (χ1n) is 10.7. The molecule has 9 heteroatoms. The number of hydrazone groups is 1. The number of nitrogens with zero attached hydrogens (tertiary/aromatic N) is 1. The zero-order valence-electron chi connectivity index (χ0n) is 18.7. The van der Waals surface area contributed by atoms with Crippen LogP contribution in [0.5, 0.6) is 5.75 Å². The Morgan fingerprint density at radius 2 is 1.82 bits per heavy atom. The Labute approximate surface area is 192 Å². The lowest BCUT2D eigenvalue weighted by Gasteiger charge is -2.12.